The number of benzene rings is 1. The number of amides is 1. The van der Waals surface area contributed by atoms with Gasteiger partial charge in [0.15, 0.2) is 5.82 Å². The van der Waals surface area contributed by atoms with Crippen molar-refractivity contribution in [1.29, 1.82) is 0 Å². The Labute approximate surface area is 196 Å². The number of likely N-dealkylation sites (tertiary alicyclic amines) is 1. The molecule has 1 saturated heterocycles. The number of alkyl halides is 1. The number of fused-ring (bicyclic) bond motifs is 2. The molecule has 1 aliphatic heterocycles. The normalized spacial score (nSPS) is 24.9. The number of hydrogen-bond acceptors (Lipinski definition) is 4. The summed E-state index contributed by atoms with van der Waals surface area (Å²) < 4.78 is 23.0. The average Bonchev–Trinajstić information content (AvgIpc) is 3.36. The van der Waals surface area contributed by atoms with E-state index in [1.54, 1.807) is 13.3 Å². The molecule has 0 N–H and O–H groups in total. The molecule has 4 atom stereocenters. The molecule has 0 radical (unpaired) electrons. The number of hydrogen-bond donors (Lipinski definition) is 0. The highest BCUT2D eigenvalue weighted by atomic mass is 19.1. The maximum Gasteiger partial charge on any atom is 0.254 e. The molecule has 1 unspecified atom stereocenters. The Kier molecular flexibility index (Phi) is 4.14. The first-order chi connectivity index (χ1) is 16.6. The van der Waals surface area contributed by atoms with Gasteiger partial charge in [0.1, 0.15) is 23.6 Å². The van der Waals surface area contributed by atoms with Crippen LogP contribution in [0.3, 0.4) is 0 Å². The van der Waals surface area contributed by atoms with Crippen LogP contribution >= 0.6 is 0 Å². The molecular formula is C26H26FN5O2. The van der Waals surface area contributed by atoms with E-state index in [2.05, 4.69) is 9.88 Å². The fourth-order valence-electron chi connectivity index (χ4n) is 6.77. The molecule has 34 heavy (non-hydrogen) atoms. The van der Waals surface area contributed by atoms with Crippen LogP contribution in [0.2, 0.25) is 0 Å². The molecule has 4 heterocycles. The number of carbonyl (C=O) groups is 1. The van der Waals surface area contributed by atoms with Gasteiger partial charge in [0.25, 0.3) is 5.91 Å². The van der Waals surface area contributed by atoms with Crippen molar-refractivity contribution in [2.75, 3.05) is 20.3 Å². The van der Waals surface area contributed by atoms with E-state index in [1.165, 1.54) is 6.42 Å². The summed E-state index contributed by atoms with van der Waals surface area (Å²) in [5, 5.41) is 0.934. The molecule has 1 amide bonds. The van der Waals surface area contributed by atoms with Gasteiger partial charge in [-0.1, -0.05) is 0 Å². The fraction of sp³-hybridized carbons (Fsp3) is 0.423. The Hall–Kier alpha value is -3.42. The van der Waals surface area contributed by atoms with Gasteiger partial charge in [-0.15, -0.1) is 0 Å². The third kappa shape index (κ3) is 2.54. The van der Waals surface area contributed by atoms with Crippen molar-refractivity contribution in [2.24, 2.45) is 24.8 Å². The summed E-state index contributed by atoms with van der Waals surface area (Å²) >= 11 is 0. The molecule has 0 bridgehead atoms. The lowest BCUT2D eigenvalue weighted by atomic mass is 9.53. The molecule has 3 fully saturated rings. The van der Waals surface area contributed by atoms with Crippen LogP contribution in [0, 0.1) is 17.8 Å². The molecule has 3 aliphatic rings. The number of imidazole rings is 1. The first-order valence-electron chi connectivity index (χ1n) is 11.9. The maximum absolute atomic E-state index is 13.5. The van der Waals surface area contributed by atoms with E-state index in [9.17, 15) is 9.18 Å². The van der Waals surface area contributed by atoms with Crippen molar-refractivity contribution in [3.05, 3.63) is 42.1 Å². The van der Waals surface area contributed by atoms with Gasteiger partial charge in [0, 0.05) is 36.8 Å². The van der Waals surface area contributed by atoms with Crippen LogP contribution < -0.4 is 4.74 Å². The summed E-state index contributed by atoms with van der Waals surface area (Å²) in [7, 11) is 3.54. The topological polar surface area (TPSA) is 65.2 Å². The Morgan fingerprint density at radius 2 is 2.12 bits per heavy atom. The maximum atomic E-state index is 13.5. The minimum atomic E-state index is -0.501. The number of halogens is 1. The summed E-state index contributed by atoms with van der Waals surface area (Å²) in [5.41, 5.74) is 3.64. The van der Waals surface area contributed by atoms with Crippen LogP contribution in [0.4, 0.5) is 4.39 Å². The number of aromatic nitrogens is 4. The average molecular weight is 460 g/mol. The van der Waals surface area contributed by atoms with Gasteiger partial charge < -0.3 is 18.8 Å². The van der Waals surface area contributed by atoms with Gasteiger partial charge in [0.2, 0.25) is 0 Å². The molecule has 2 aliphatic carbocycles. The minimum Gasteiger partial charge on any atom is -0.494 e. The summed E-state index contributed by atoms with van der Waals surface area (Å²) in [5.74, 6) is 3.62. The van der Waals surface area contributed by atoms with E-state index in [1.807, 2.05) is 46.5 Å². The third-order valence-electron chi connectivity index (χ3n) is 8.37. The van der Waals surface area contributed by atoms with Gasteiger partial charge in [0.05, 0.1) is 24.9 Å². The van der Waals surface area contributed by atoms with Gasteiger partial charge in [-0.25, -0.2) is 14.4 Å². The molecule has 8 heteroatoms. The van der Waals surface area contributed by atoms with Gasteiger partial charge in [-0.2, -0.15) is 0 Å². The molecule has 2 saturated carbocycles. The lowest BCUT2D eigenvalue weighted by molar-refractivity contribution is -0.0204. The fourth-order valence-corrected chi connectivity index (χ4v) is 6.77. The second kappa shape index (κ2) is 7.04. The zero-order valence-electron chi connectivity index (χ0n) is 19.2. The summed E-state index contributed by atoms with van der Waals surface area (Å²) in [4.78, 5) is 25.0. The second-order valence-corrected chi connectivity index (χ2v) is 9.92. The Balaban J connectivity index is 1.35. The van der Waals surface area contributed by atoms with Gasteiger partial charge in [-0.3, -0.25) is 4.79 Å². The van der Waals surface area contributed by atoms with Crippen LogP contribution in [0.15, 0.2) is 36.5 Å². The predicted molar refractivity (Wildman–Crippen MR) is 126 cm³/mol. The molecule has 7 rings (SSSR count). The SMILES string of the molecule is COc1cc(C(=O)N2C[C@H]3CC4C[C@@H]2[C@H]43)cc2nc(-c3cc4cccnc4n3CCF)n(C)c12. The molecule has 7 nitrogen and oxygen atoms in total. The lowest BCUT2D eigenvalue weighted by Gasteiger charge is -2.52. The number of methoxy groups -OCH3 is 1. The summed E-state index contributed by atoms with van der Waals surface area (Å²) in [6, 6.07) is 9.95. The number of ether oxygens (including phenoxy) is 1. The van der Waals surface area contributed by atoms with E-state index in [0.29, 0.717) is 34.6 Å². The Morgan fingerprint density at radius 1 is 1.24 bits per heavy atom. The molecular weight excluding hydrogens is 433 g/mol. The Bertz CT molecular complexity index is 1470. The largest absolute Gasteiger partial charge is 0.494 e. The Morgan fingerprint density at radius 3 is 2.88 bits per heavy atom. The first kappa shape index (κ1) is 20.0. The number of pyridine rings is 1. The monoisotopic (exact) mass is 459 g/mol. The number of carbonyl (C=O) groups excluding carboxylic acids is 1. The molecule has 174 valence electrons. The van der Waals surface area contributed by atoms with E-state index in [0.717, 1.165) is 47.0 Å². The van der Waals surface area contributed by atoms with E-state index in [-0.39, 0.29) is 12.5 Å². The van der Waals surface area contributed by atoms with Crippen LogP contribution in [0.25, 0.3) is 33.6 Å². The lowest BCUT2D eigenvalue weighted by Crippen LogP contribution is -2.53. The van der Waals surface area contributed by atoms with Crippen molar-refractivity contribution in [3.8, 4) is 17.3 Å². The van der Waals surface area contributed by atoms with E-state index in [4.69, 9.17) is 9.72 Å². The smallest absolute Gasteiger partial charge is 0.254 e. The zero-order valence-corrected chi connectivity index (χ0v) is 19.2. The standard InChI is InChI=1S/C26H26FN5O2/c1-30-23-18(29-25(30)20-10-14-4-3-6-28-24(14)31(20)7-5-27)9-16(12-21(23)34-2)26(33)32-13-17-8-15-11-19(32)22(15)17/h3-4,6,9-10,12,15,17,19,22H,5,7-8,11,13H2,1-2H3/t15?,17-,19-,22-/m1/s1. The van der Waals surface area contributed by atoms with Crippen molar-refractivity contribution in [1.82, 2.24) is 24.0 Å². The summed E-state index contributed by atoms with van der Waals surface area (Å²) in [6.45, 7) is 0.563. The van der Waals surface area contributed by atoms with Crippen LogP contribution in [0.5, 0.6) is 5.75 Å². The third-order valence-corrected chi connectivity index (χ3v) is 8.37. The highest BCUT2D eigenvalue weighted by Gasteiger charge is 2.61. The van der Waals surface area contributed by atoms with E-state index < -0.39 is 6.67 Å². The highest BCUT2D eigenvalue weighted by molar-refractivity contribution is 6.00. The second-order valence-electron chi connectivity index (χ2n) is 9.92. The van der Waals surface area contributed by atoms with Crippen molar-refractivity contribution in [2.45, 2.75) is 25.4 Å². The summed E-state index contributed by atoms with van der Waals surface area (Å²) in [6.07, 6.45) is 4.14. The quantitative estimate of drug-likeness (QED) is 0.452. The molecule has 3 aromatic heterocycles. The molecule has 0 spiro atoms. The minimum absolute atomic E-state index is 0.0704. The van der Waals surface area contributed by atoms with Gasteiger partial charge in [-0.05, 0) is 60.9 Å². The number of nitrogens with zero attached hydrogens (tertiary/aromatic N) is 5. The first-order valence-corrected chi connectivity index (χ1v) is 11.9. The van der Waals surface area contributed by atoms with Crippen LogP contribution in [-0.2, 0) is 13.6 Å². The zero-order chi connectivity index (χ0) is 23.1. The predicted octanol–water partition coefficient (Wildman–Crippen LogP) is 4.05. The van der Waals surface area contributed by atoms with Gasteiger partial charge >= 0.3 is 0 Å². The van der Waals surface area contributed by atoms with Crippen molar-refractivity contribution < 1.29 is 13.9 Å². The number of rotatable bonds is 5. The van der Waals surface area contributed by atoms with Crippen LogP contribution in [-0.4, -0.2) is 56.3 Å². The van der Waals surface area contributed by atoms with Crippen molar-refractivity contribution >= 4 is 28.0 Å². The molecule has 4 aromatic rings. The van der Waals surface area contributed by atoms with Crippen molar-refractivity contribution in [3.63, 3.8) is 0 Å². The number of aryl methyl sites for hydroxylation is 2. The highest BCUT2D eigenvalue weighted by Crippen LogP contribution is 2.60. The molecule has 1 aromatic carbocycles. The van der Waals surface area contributed by atoms with E-state index >= 15 is 0 Å². The van der Waals surface area contributed by atoms with Crippen LogP contribution in [0.1, 0.15) is 23.2 Å².